The van der Waals surface area contributed by atoms with E-state index in [0.29, 0.717) is 5.82 Å². The topological polar surface area (TPSA) is 57.8 Å². The van der Waals surface area contributed by atoms with Crippen LogP contribution in [0.5, 0.6) is 0 Å². The highest BCUT2D eigenvalue weighted by Crippen LogP contribution is 2.19. The van der Waals surface area contributed by atoms with E-state index in [4.69, 9.17) is 6.42 Å². The molecule has 0 aliphatic rings. The van der Waals surface area contributed by atoms with Crippen LogP contribution in [-0.2, 0) is 4.79 Å². The van der Waals surface area contributed by atoms with Gasteiger partial charge in [0.1, 0.15) is 0 Å². The molecule has 2 N–H and O–H groups in total. The Kier molecular flexibility index (Phi) is 2.38. The van der Waals surface area contributed by atoms with Crippen LogP contribution < -0.4 is 5.32 Å². The maximum absolute atomic E-state index is 11.2. The zero-order chi connectivity index (χ0) is 10.7. The summed E-state index contributed by atoms with van der Waals surface area (Å²) in [6.45, 7) is 0. The van der Waals surface area contributed by atoms with Gasteiger partial charge in [-0.25, -0.2) is 0 Å². The maximum atomic E-state index is 11.2. The number of carbonyl (C=O) groups is 1. The van der Waals surface area contributed by atoms with Crippen molar-refractivity contribution < 1.29 is 4.79 Å². The zero-order valence-corrected chi connectivity index (χ0v) is 7.95. The van der Waals surface area contributed by atoms with Gasteiger partial charge in [-0.05, 0) is 12.1 Å². The molecule has 1 amide bonds. The van der Waals surface area contributed by atoms with Crippen LogP contribution in [0.1, 0.15) is 6.42 Å². The first-order valence-corrected chi connectivity index (χ1v) is 4.47. The van der Waals surface area contributed by atoms with Gasteiger partial charge in [0.2, 0.25) is 5.91 Å². The van der Waals surface area contributed by atoms with Gasteiger partial charge in [-0.2, -0.15) is 5.10 Å². The summed E-state index contributed by atoms with van der Waals surface area (Å²) in [6.07, 6.45) is 5.09. The number of amides is 1. The van der Waals surface area contributed by atoms with Crippen molar-refractivity contribution >= 4 is 22.6 Å². The van der Waals surface area contributed by atoms with E-state index in [2.05, 4.69) is 21.4 Å². The van der Waals surface area contributed by atoms with Crippen molar-refractivity contribution in [3.05, 3.63) is 24.3 Å². The lowest BCUT2D eigenvalue weighted by Crippen LogP contribution is -2.10. The van der Waals surface area contributed by atoms with E-state index in [1.165, 1.54) is 0 Å². The van der Waals surface area contributed by atoms with Crippen molar-refractivity contribution in [3.63, 3.8) is 0 Å². The van der Waals surface area contributed by atoms with Crippen molar-refractivity contribution in [2.45, 2.75) is 6.42 Å². The first kappa shape index (κ1) is 9.28. The fraction of sp³-hybridized carbons (Fsp3) is 0.0909. The van der Waals surface area contributed by atoms with Gasteiger partial charge in [0.15, 0.2) is 5.82 Å². The Balaban J connectivity index is 2.29. The minimum atomic E-state index is -0.227. The van der Waals surface area contributed by atoms with Crippen molar-refractivity contribution in [3.8, 4) is 12.3 Å². The van der Waals surface area contributed by atoms with Gasteiger partial charge < -0.3 is 5.32 Å². The normalized spacial score (nSPS) is 9.80. The molecule has 4 heteroatoms. The van der Waals surface area contributed by atoms with Gasteiger partial charge in [-0.3, -0.25) is 9.89 Å². The Hall–Kier alpha value is -2.28. The minimum Gasteiger partial charge on any atom is -0.308 e. The molecule has 0 aliphatic carbocycles. The van der Waals surface area contributed by atoms with Gasteiger partial charge >= 0.3 is 0 Å². The van der Waals surface area contributed by atoms with Crippen LogP contribution in [0.15, 0.2) is 24.3 Å². The van der Waals surface area contributed by atoms with Crippen LogP contribution in [0.3, 0.4) is 0 Å². The minimum absolute atomic E-state index is 0.0567. The van der Waals surface area contributed by atoms with E-state index in [1.54, 1.807) is 0 Å². The summed E-state index contributed by atoms with van der Waals surface area (Å²) < 4.78 is 0. The fourth-order valence-corrected chi connectivity index (χ4v) is 1.33. The number of nitrogens with zero attached hydrogens (tertiary/aromatic N) is 1. The number of carbonyl (C=O) groups excluding carboxylic acids is 1. The highest BCUT2D eigenvalue weighted by Gasteiger charge is 2.07. The number of anilines is 1. The molecule has 2 aromatic rings. The SMILES string of the molecule is C#CCC(=O)Nc1n[nH]c2ccccc12. The van der Waals surface area contributed by atoms with Gasteiger partial charge in [0.05, 0.1) is 11.9 Å². The molecule has 4 nitrogen and oxygen atoms in total. The lowest BCUT2D eigenvalue weighted by atomic mass is 10.2. The Morgan fingerprint density at radius 2 is 2.33 bits per heavy atom. The molecule has 0 spiro atoms. The first-order valence-electron chi connectivity index (χ1n) is 4.47. The first-order chi connectivity index (χ1) is 7.31. The molecule has 1 aromatic heterocycles. The quantitative estimate of drug-likeness (QED) is 0.720. The second-order valence-corrected chi connectivity index (χ2v) is 3.05. The number of aromatic nitrogens is 2. The predicted molar refractivity (Wildman–Crippen MR) is 58.2 cm³/mol. The average Bonchev–Trinajstić information content (AvgIpc) is 2.62. The number of fused-ring (bicyclic) bond motifs is 1. The van der Waals surface area contributed by atoms with E-state index in [-0.39, 0.29) is 12.3 Å². The summed E-state index contributed by atoms with van der Waals surface area (Å²) in [6, 6.07) is 7.55. The third-order valence-corrected chi connectivity index (χ3v) is 1.99. The molecule has 2 rings (SSSR count). The maximum Gasteiger partial charge on any atom is 0.237 e. The van der Waals surface area contributed by atoms with Crippen molar-refractivity contribution in [2.75, 3.05) is 5.32 Å². The molecule has 0 fully saturated rings. The monoisotopic (exact) mass is 199 g/mol. The smallest absolute Gasteiger partial charge is 0.237 e. The standard InChI is InChI=1S/C11H9N3O/c1-2-5-10(15)12-11-8-6-3-4-7-9(8)13-14-11/h1,3-4,6-7H,5H2,(H2,12,13,14,15). The molecule has 74 valence electrons. The van der Waals surface area contributed by atoms with Crippen LogP contribution in [0.2, 0.25) is 0 Å². The van der Waals surface area contributed by atoms with Crippen LogP contribution >= 0.6 is 0 Å². The molecule has 0 atom stereocenters. The van der Waals surface area contributed by atoms with E-state index < -0.39 is 0 Å². The number of nitrogens with one attached hydrogen (secondary N) is 2. The molecule has 1 heterocycles. The number of hydrogen-bond donors (Lipinski definition) is 2. The molecule has 0 radical (unpaired) electrons. The van der Waals surface area contributed by atoms with E-state index >= 15 is 0 Å². The lowest BCUT2D eigenvalue weighted by molar-refractivity contribution is -0.115. The van der Waals surface area contributed by atoms with Crippen LogP contribution in [0.4, 0.5) is 5.82 Å². The Morgan fingerprint density at radius 3 is 3.13 bits per heavy atom. The Bertz CT molecular complexity index is 536. The van der Waals surface area contributed by atoms with Crippen LogP contribution in [0.25, 0.3) is 10.9 Å². The molecular weight excluding hydrogens is 190 g/mol. The summed E-state index contributed by atoms with van der Waals surface area (Å²) in [4.78, 5) is 11.2. The molecule has 0 bridgehead atoms. The van der Waals surface area contributed by atoms with Crippen LogP contribution in [-0.4, -0.2) is 16.1 Å². The highest BCUT2D eigenvalue weighted by atomic mass is 16.1. The number of terminal acetylenes is 1. The molecule has 0 saturated heterocycles. The van der Waals surface area contributed by atoms with Crippen LogP contribution in [0, 0.1) is 12.3 Å². The molecule has 0 aliphatic heterocycles. The molecule has 0 unspecified atom stereocenters. The van der Waals surface area contributed by atoms with Crippen molar-refractivity contribution in [1.29, 1.82) is 0 Å². The third-order valence-electron chi connectivity index (χ3n) is 1.99. The molecule has 15 heavy (non-hydrogen) atoms. The summed E-state index contributed by atoms with van der Waals surface area (Å²) in [5, 5.41) is 10.3. The largest absolute Gasteiger partial charge is 0.308 e. The summed E-state index contributed by atoms with van der Waals surface area (Å²) in [7, 11) is 0. The van der Waals surface area contributed by atoms with Gasteiger partial charge in [0, 0.05) is 5.39 Å². The average molecular weight is 199 g/mol. The lowest BCUT2D eigenvalue weighted by Gasteiger charge is -1.97. The third kappa shape index (κ3) is 1.81. The van der Waals surface area contributed by atoms with E-state index in [9.17, 15) is 4.79 Å². The number of aromatic amines is 1. The predicted octanol–water partition coefficient (Wildman–Crippen LogP) is 1.52. The Morgan fingerprint density at radius 1 is 1.53 bits per heavy atom. The van der Waals surface area contributed by atoms with E-state index in [0.717, 1.165) is 10.9 Å². The number of H-pyrrole nitrogens is 1. The van der Waals surface area contributed by atoms with Gasteiger partial charge in [-0.15, -0.1) is 6.42 Å². The summed E-state index contributed by atoms with van der Waals surface area (Å²) in [5.41, 5.74) is 0.883. The van der Waals surface area contributed by atoms with E-state index in [1.807, 2.05) is 24.3 Å². The number of benzene rings is 1. The zero-order valence-electron chi connectivity index (χ0n) is 7.95. The number of para-hydroxylation sites is 1. The number of rotatable bonds is 2. The Labute approximate surface area is 86.7 Å². The molecule has 0 saturated carbocycles. The van der Waals surface area contributed by atoms with Gasteiger partial charge in [-0.1, -0.05) is 18.1 Å². The van der Waals surface area contributed by atoms with Crippen molar-refractivity contribution in [2.24, 2.45) is 0 Å². The van der Waals surface area contributed by atoms with Crippen molar-refractivity contribution in [1.82, 2.24) is 10.2 Å². The van der Waals surface area contributed by atoms with Gasteiger partial charge in [0.25, 0.3) is 0 Å². The second kappa shape index (κ2) is 3.84. The second-order valence-electron chi connectivity index (χ2n) is 3.05. The summed E-state index contributed by atoms with van der Waals surface area (Å²) in [5.74, 6) is 2.57. The number of hydrogen-bond acceptors (Lipinski definition) is 2. The fourth-order valence-electron chi connectivity index (χ4n) is 1.33. The molecule has 1 aromatic carbocycles. The highest BCUT2D eigenvalue weighted by molar-refractivity contribution is 6.00. The summed E-state index contributed by atoms with van der Waals surface area (Å²) >= 11 is 0. The molecular formula is C11H9N3O.